The second-order valence-electron chi connectivity index (χ2n) is 12.5. The highest BCUT2D eigenvalue weighted by molar-refractivity contribution is 7.25. The van der Waals surface area contributed by atoms with Gasteiger partial charge in [-0.15, -0.1) is 11.3 Å². The lowest BCUT2D eigenvalue weighted by Gasteiger charge is -2.13. The van der Waals surface area contributed by atoms with Crippen LogP contribution in [0.5, 0.6) is 0 Å². The second-order valence-corrected chi connectivity index (χ2v) is 13.6. The van der Waals surface area contributed by atoms with Crippen LogP contribution in [0.3, 0.4) is 0 Å². The van der Waals surface area contributed by atoms with Crippen molar-refractivity contribution in [2.45, 2.75) is 0 Å². The highest BCUT2D eigenvalue weighted by atomic mass is 32.1. The maximum Gasteiger partial charge on any atom is 0.164 e. The highest BCUT2D eigenvalue weighted by Crippen LogP contribution is 2.39. The van der Waals surface area contributed by atoms with Crippen LogP contribution in [0.1, 0.15) is 0 Å². The molecule has 8 aromatic carbocycles. The summed E-state index contributed by atoms with van der Waals surface area (Å²) in [6.45, 7) is 0. The van der Waals surface area contributed by atoms with Gasteiger partial charge >= 0.3 is 0 Å². The molecule has 0 N–H and O–H groups in total. The number of hydrogen-bond donors (Lipinski definition) is 0. The van der Waals surface area contributed by atoms with E-state index in [0.717, 1.165) is 38.4 Å². The first kappa shape index (κ1) is 27.8. The van der Waals surface area contributed by atoms with Crippen molar-refractivity contribution >= 4 is 63.8 Å². The van der Waals surface area contributed by atoms with Crippen LogP contribution in [-0.4, -0.2) is 15.0 Å². The van der Waals surface area contributed by atoms with E-state index in [1.165, 1.54) is 41.9 Å². The molecule has 0 saturated heterocycles. The summed E-state index contributed by atoms with van der Waals surface area (Å²) >= 11 is 1.84. The zero-order chi connectivity index (χ0) is 32.3. The van der Waals surface area contributed by atoms with E-state index in [2.05, 4.69) is 164 Å². The van der Waals surface area contributed by atoms with E-state index in [-0.39, 0.29) is 0 Å². The summed E-state index contributed by atoms with van der Waals surface area (Å²) in [6, 6.07) is 58.2. The monoisotopic (exact) mass is 641 g/mol. The van der Waals surface area contributed by atoms with Crippen LogP contribution in [-0.2, 0) is 0 Å². The maximum absolute atomic E-state index is 5.17. The predicted molar refractivity (Wildman–Crippen MR) is 207 cm³/mol. The number of fused-ring (bicyclic) bond motifs is 6. The molecule has 0 aliphatic carbocycles. The fourth-order valence-corrected chi connectivity index (χ4v) is 8.14. The van der Waals surface area contributed by atoms with Gasteiger partial charge in [0.25, 0.3) is 0 Å². The van der Waals surface area contributed by atoms with Crippen LogP contribution in [0.4, 0.5) is 0 Å². The Morgan fingerprint density at radius 2 is 0.796 bits per heavy atom. The average Bonchev–Trinajstić information content (AvgIpc) is 3.55. The second kappa shape index (κ2) is 11.2. The topological polar surface area (TPSA) is 38.7 Å². The minimum Gasteiger partial charge on any atom is -0.208 e. The minimum atomic E-state index is 0.649. The molecule has 0 aliphatic rings. The van der Waals surface area contributed by atoms with Crippen LogP contribution < -0.4 is 0 Å². The first-order chi connectivity index (χ1) is 24.2. The van der Waals surface area contributed by atoms with E-state index in [1.807, 2.05) is 11.3 Å². The number of benzene rings is 8. The molecule has 0 fully saturated rings. The molecule has 228 valence electrons. The molecule has 0 atom stereocenters. The van der Waals surface area contributed by atoms with Gasteiger partial charge in [0.15, 0.2) is 17.5 Å². The third-order valence-electron chi connectivity index (χ3n) is 9.46. The van der Waals surface area contributed by atoms with Crippen molar-refractivity contribution in [2.24, 2.45) is 0 Å². The molecule has 3 nitrogen and oxygen atoms in total. The molecule has 49 heavy (non-hydrogen) atoms. The van der Waals surface area contributed by atoms with Gasteiger partial charge in [-0.1, -0.05) is 127 Å². The molecule has 0 unspecified atom stereocenters. The predicted octanol–water partition coefficient (Wildman–Crippen LogP) is 12.4. The molecular formula is C45H27N3S. The zero-order valence-electron chi connectivity index (χ0n) is 26.3. The largest absolute Gasteiger partial charge is 0.208 e. The number of thiophene rings is 1. The zero-order valence-corrected chi connectivity index (χ0v) is 27.2. The Morgan fingerprint density at radius 3 is 1.47 bits per heavy atom. The van der Waals surface area contributed by atoms with Crippen LogP contribution in [0.25, 0.3) is 97.8 Å². The van der Waals surface area contributed by atoms with E-state index >= 15 is 0 Å². The Hall–Kier alpha value is -6.23. The molecular weight excluding hydrogens is 615 g/mol. The lowest BCUT2D eigenvalue weighted by atomic mass is 9.94. The van der Waals surface area contributed by atoms with Crippen LogP contribution in [0.2, 0.25) is 0 Å². The molecule has 0 spiro atoms. The maximum atomic E-state index is 5.17. The van der Waals surface area contributed by atoms with E-state index in [4.69, 9.17) is 15.0 Å². The van der Waals surface area contributed by atoms with E-state index < -0.39 is 0 Å². The van der Waals surface area contributed by atoms with Crippen LogP contribution in [0.15, 0.2) is 164 Å². The Kier molecular flexibility index (Phi) is 6.36. The molecule has 2 aromatic heterocycles. The van der Waals surface area contributed by atoms with Gasteiger partial charge < -0.3 is 0 Å². The van der Waals surface area contributed by atoms with Crippen LogP contribution in [0, 0.1) is 0 Å². The average molecular weight is 642 g/mol. The Morgan fingerprint density at radius 1 is 0.306 bits per heavy atom. The lowest BCUT2D eigenvalue weighted by Crippen LogP contribution is -2.00. The standard InChI is InChI=1S/C45H27N3S/c1-3-11-30-23-34(19-17-28(30)9-1)43-46-44(35-20-18-29-10-2-4-12-31(29)24-35)48-45(47-43)36-25-32-13-5-6-14-37(32)40(26-36)33-21-22-39-38-15-7-8-16-41(38)49-42(39)27-33/h1-27H. The summed E-state index contributed by atoms with van der Waals surface area (Å²) in [5.74, 6) is 1.96. The fourth-order valence-electron chi connectivity index (χ4n) is 6.99. The first-order valence-corrected chi connectivity index (χ1v) is 17.2. The van der Waals surface area contributed by atoms with Crippen molar-refractivity contribution in [3.63, 3.8) is 0 Å². The molecule has 10 aromatic rings. The summed E-state index contributed by atoms with van der Waals surface area (Å²) in [5, 5.41) is 9.62. The summed E-state index contributed by atoms with van der Waals surface area (Å²) in [7, 11) is 0. The van der Waals surface area contributed by atoms with Gasteiger partial charge in [-0.25, -0.2) is 15.0 Å². The van der Waals surface area contributed by atoms with Crippen molar-refractivity contribution in [1.82, 2.24) is 15.0 Å². The molecule has 2 heterocycles. The summed E-state index contributed by atoms with van der Waals surface area (Å²) in [4.78, 5) is 15.4. The lowest BCUT2D eigenvalue weighted by molar-refractivity contribution is 1.08. The quantitative estimate of drug-likeness (QED) is 0.192. The number of aromatic nitrogens is 3. The van der Waals surface area contributed by atoms with Crippen molar-refractivity contribution in [3.8, 4) is 45.3 Å². The fraction of sp³-hybridized carbons (Fsp3) is 0. The Bertz CT molecular complexity index is 2810. The normalized spacial score (nSPS) is 11.7. The Balaban J connectivity index is 1.19. The van der Waals surface area contributed by atoms with Crippen molar-refractivity contribution in [1.29, 1.82) is 0 Å². The molecule has 0 bridgehead atoms. The summed E-state index contributed by atoms with van der Waals surface area (Å²) in [6.07, 6.45) is 0. The van der Waals surface area contributed by atoms with Crippen molar-refractivity contribution in [3.05, 3.63) is 164 Å². The SMILES string of the molecule is c1ccc2cc(-c3nc(-c4ccc5ccccc5c4)nc(-c4cc(-c5ccc6c(c5)sc5ccccc56)c5ccccc5c4)n3)ccc2c1. The third-order valence-corrected chi connectivity index (χ3v) is 10.6. The first-order valence-electron chi connectivity index (χ1n) is 16.4. The van der Waals surface area contributed by atoms with Crippen LogP contribution >= 0.6 is 11.3 Å². The summed E-state index contributed by atoms with van der Waals surface area (Å²) in [5.41, 5.74) is 5.21. The van der Waals surface area contributed by atoms with Gasteiger partial charge in [-0.2, -0.15) is 0 Å². The molecule has 0 aliphatic heterocycles. The molecule has 4 heteroatoms. The highest BCUT2D eigenvalue weighted by Gasteiger charge is 2.16. The molecule has 0 amide bonds. The smallest absolute Gasteiger partial charge is 0.164 e. The van der Waals surface area contributed by atoms with E-state index in [9.17, 15) is 0 Å². The third kappa shape index (κ3) is 4.85. The number of rotatable bonds is 4. The van der Waals surface area contributed by atoms with Crippen molar-refractivity contribution < 1.29 is 0 Å². The van der Waals surface area contributed by atoms with Gasteiger partial charge in [0.05, 0.1) is 0 Å². The molecule has 0 saturated carbocycles. The van der Waals surface area contributed by atoms with E-state index in [0.29, 0.717) is 17.5 Å². The van der Waals surface area contributed by atoms with E-state index in [1.54, 1.807) is 0 Å². The minimum absolute atomic E-state index is 0.649. The number of hydrogen-bond acceptors (Lipinski definition) is 4. The Labute approximate surface area is 286 Å². The van der Waals surface area contributed by atoms with Gasteiger partial charge in [-0.05, 0) is 79.8 Å². The van der Waals surface area contributed by atoms with Gasteiger partial charge in [0, 0.05) is 36.9 Å². The van der Waals surface area contributed by atoms with Crippen molar-refractivity contribution in [2.75, 3.05) is 0 Å². The molecule has 0 radical (unpaired) electrons. The summed E-state index contributed by atoms with van der Waals surface area (Å²) < 4.78 is 2.59. The molecule has 10 rings (SSSR count). The number of nitrogens with zero attached hydrogens (tertiary/aromatic N) is 3. The van der Waals surface area contributed by atoms with Gasteiger partial charge in [-0.3, -0.25) is 0 Å². The van der Waals surface area contributed by atoms with Gasteiger partial charge in [0.2, 0.25) is 0 Å². The van der Waals surface area contributed by atoms with Gasteiger partial charge in [0.1, 0.15) is 0 Å².